The number of anilines is 1. The first-order valence-corrected chi connectivity index (χ1v) is 6.83. The van der Waals surface area contributed by atoms with Gasteiger partial charge >= 0.3 is 0 Å². The number of benzene rings is 1. The molecule has 1 atom stereocenters. The number of rotatable bonds is 4. The van der Waals surface area contributed by atoms with Crippen LogP contribution in [0.15, 0.2) is 43.0 Å². The van der Waals surface area contributed by atoms with Crippen LogP contribution in [0.5, 0.6) is 0 Å². The molecule has 0 bridgehead atoms. The average molecular weight is 282 g/mol. The molecular weight excluding hydrogens is 264 g/mol. The van der Waals surface area contributed by atoms with Gasteiger partial charge < -0.3 is 14.5 Å². The number of nitrogens with zero attached hydrogens (tertiary/aromatic N) is 5. The lowest BCUT2D eigenvalue weighted by molar-refractivity contribution is 0.722. The molecule has 1 unspecified atom stereocenters. The Kier molecular flexibility index (Phi) is 3.43. The van der Waals surface area contributed by atoms with Gasteiger partial charge in [0.05, 0.1) is 6.04 Å². The van der Waals surface area contributed by atoms with Gasteiger partial charge in [-0.05, 0) is 31.2 Å². The summed E-state index contributed by atoms with van der Waals surface area (Å²) < 4.78 is 3.92. The summed E-state index contributed by atoms with van der Waals surface area (Å²) in [5.74, 6) is 1.87. The zero-order valence-corrected chi connectivity index (χ0v) is 12.4. The van der Waals surface area contributed by atoms with Gasteiger partial charge in [0.25, 0.3) is 0 Å². The molecule has 21 heavy (non-hydrogen) atoms. The van der Waals surface area contributed by atoms with Gasteiger partial charge in [0.1, 0.15) is 12.2 Å². The van der Waals surface area contributed by atoms with Crippen LogP contribution < -0.4 is 5.32 Å². The van der Waals surface area contributed by atoms with Crippen LogP contribution in [-0.2, 0) is 14.1 Å². The summed E-state index contributed by atoms with van der Waals surface area (Å²) >= 11 is 0. The molecule has 3 aromatic rings. The van der Waals surface area contributed by atoms with E-state index in [1.807, 2.05) is 59.9 Å². The van der Waals surface area contributed by atoms with Crippen LogP contribution >= 0.6 is 0 Å². The first-order chi connectivity index (χ1) is 10.1. The highest BCUT2D eigenvalue weighted by Gasteiger charge is 2.10. The van der Waals surface area contributed by atoms with Crippen LogP contribution in [0.3, 0.4) is 0 Å². The number of hydrogen-bond donors (Lipinski definition) is 1. The predicted octanol–water partition coefficient (Wildman–Crippen LogP) is 2.39. The molecular formula is C15H18N6. The summed E-state index contributed by atoms with van der Waals surface area (Å²) in [4.78, 5) is 4.36. The summed E-state index contributed by atoms with van der Waals surface area (Å²) in [6.07, 6.45) is 5.46. The van der Waals surface area contributed by atoms with E-state index in [1.165, 1.54) is 0 Å². The van der Waals surface area contributed by atoms with Crippen molar-refractivity contribution in [3.63, 3.8) is 0 Å². The average Bonchev–Trinajstić information content (AvgIpc) is 3.08. The molecule has 6 heteroatoms. The van der Waals surface area contributed by atoms with E-state index in [0.29, 0.717) is 0 Å². The van der Waals surface area contributed by atoms with Crippen LogP contribution in [0, 0.1) is 0 Å². The van der Waals surface area contributed by atoms with Crippen molar-refractivity contribution in [1.82, 2.24) is 24.3 Å². The van der Waals surface area contributed by atoms with Crippen LogP contribution in [0.1, 0.15) is 18.8 Å². The molecule has 0 amide bonds. The van der Waals surface area contributed by atoms with Crippen molar-refractivity contribution in [2.45, 2.75) is 13.0 Å². The Bertz CT molecular complexity index is 725. The Labute approximate surface area is 123 Å². The van der Waals surface area contributed by atoms with E-state index in [9.17, 15) is 0 Å². The summed E-state index contributed by atoms with van der Waals surface area (Å²) in [6.45, 7) is 2.10. The van der Waals surface area contributed by atoms with Gasteiger partial charge in [-0.2, -0.15) is 0 Å². The summed E-state index contributed by atoms with van der Waals surface area (Å²) in [7, 11) is 3.93. The van der Waals surface area contributed by atoms with Crippen LogP contribution in [0.25, 0.3) is 11.4 Å². The Morgan fingerprint density at radius 1 is 1.10 bits per heavy atom. The lowest BCUT2D eigenvalue weighted by Crippen LogP contribution is -2.11. The fourth-order valence-electron chi connectivity index (χ4n) is 2.37. The third kappa shape index (κ3) is 2.65. The maximum absolute atomic E-state index is 4.36. The second kappa shape index (κ2) is 5.40. The molecule has 0 spiro atoms. The Morgan fingerprint density at radius 3 is 2.43 bits per heavy atom. The maximum atomic E-state index is 4.36. The van der Waals surface area contributed by atoms with Crippen molar-refractivity contribution in [3.05, 3.63) is 48.8 Å². The molecule has 0 fully saturated rings. The van der Waals surface area contributed by atoms with Gasteiger partial charge in [-0.15, -0.1) is 10.2 Å². The van der Waals surface area contributed by atoms with E-state index in [-0.39, 0.29) is 6.04 Å². The van der Waals surface area contributed by atoms with Gasteiger partial charge in [0.2, 0.25) is 0 Å². The van der Waals surface area contributed by atoms with E-state index < -0.39 is 0 Å². The molecule has 0 radical (unpaired) electrons. The highest BCUT2D eigenvalue weighted by atomic mass is 15.2. The molecule has 0 aliphatic carbocycles. The highest BCUT2D eigenvalue weighted by molar-refractivity contribution is 5.60. The molecule has 1 N–H and O–H groups in total. The summed E-state index contributed by atoms with van der Waals surface area (Å²) in [5.41, 5.74) is 2.10. The molecule has 6 nitrogen and oxygen atoms in total. The van der Waals surface area contributed by atoms with Gasteiger partial charge in [0, 0.05) is 37.7 Å². The van der Waals surface area contributed by atoms with Gasteiger partial charge in [0.15, 0.2) is 5.82 Å². The molecule has 3 rings (SSSR count). The fraction of sp³-hybridized carbons (Fsp3) is 0.267. The third-order valence-electron chi connectivity index (χ3n) is 3.48. The number of nitrogens with one attached hydrogen (secondary N) is 1. The van der Waals surface area contributed by atoms with E-state index in [0.717, 1.165) is 22.9 Å². The number of aryl methyl sites for hydroxylation is 2. The number of aromatic nitrogens is 5. The molecule has 108 valence electrons. The molecule has 1 aromatic carbocycles. The van der Waals surface area contributed by atoms with Crippen LogP contribution in [-0.4, -0.2) is 24.3 Å². The molecule has 0 saturated heterocycles. The third-order valence-corrected chi connectivity index (χ3v) is 3.48. The Morgan fingerprint density at radius 2 is 1.86 bits per heavy atom. The number of hydrogen-bond acceptors (Lipinski definition) is 4. The van der Waals surface area contributed by atoms with E-state index in [4.69, 9.17) is 0 Å². The van der Waals surface area contributed by atoms with Crippen LogP contribution in [0.2, 0.25) is 0 Å². The van der Waals surface area contributed by atoms with Gasteiger partial charge in [-0.3, -0.25) is 0 Å². The zero-order chi connectivity index (χ0) is 14.8. The van der Waals surface area contributed by atoms with E-state index >= 15 is 0 Å². The second-order valence-electron chi connectivity index (χ2n) is 5.11. The van der Waals surface area contributed by atoms with Crippen molar-refractivity contribution in [3.8, 4) is 11.4 Å². The minimum Gasteiger partial charge on any atom is -0.375 e. The van der Waals surface area contributed by atoms with E-state index in [2.05, 4.69) is 27.4 Å². The van der Waals surface area contributed by atoms with Gasteiger partial charge in [-0.1, -0.05) is 0 Å². The minimum absolute atomic E-state index is 0.144. The smallest absolute Gasteiger partial charge is 0.163 e. The standard InChI is InChI=1S/C15H18N6/c1-11(14-16-8-9-20(14)2)18-13-6-4-12(5-7-13)15-19-17-10-21(15)3/h4-11,18H,1-3H3. The largest absolute Gasteiger partial charge is 0.375 e. The second-order valence-corrected chi connectivity index (χ2v) is 5.11. The lowest BCUT2D eigenvalue weighted by Gasteiger charge is -2.15. The van der Waals surface area contributed by atoms with Crippen molar-refractivity contribution in [1.29, 1.82) is 0 Å². The fourth-order valence-corrected chi connectivity index (χ4v) is 2.37. The molecule has 0 saturated carbocycles. The molecule has 2 aromatic heterocycles. The molecule has 0 aliphatic heterocycles. The Hall–Kier alpha value is -2.63. The van der Waals surface area contributed by atoms with Crippen molar-refractivity contribution >= 4 is 5.69 Å². The van der Waals surface area contributed by atoms with E-state index in [1.54, 1.807) is 6.33 Å². The predicted molar refractivity (Wildman–Crippen MR) is 81.7 cm³/mol. The van der Waals surface area contributed by atoms with Crippen LogP contribution in [0.4, 0.5) is 5.69 Å². The summed E-state index contributed by atoms with van der Waals surface area (Å²) in [6, 6.07) is 8.31. The lowest BCUT2D eigenvalue weighted by atomic mass is 10.2. The first-order valence-electron chi connectivity index (χ1n) is 6.83. The first kappa shape index (κ1) is 13.4. The van der Waals surface area contributed by atoms with Crippen molar-refractivity contribution < 1.29 is 0 Å². The quantitative estimate of drug-likeness (QED) is 0.798. The number of imidazole rings is 1. The van der Waals surface area contributed by atoms with Crippen molar-refractivity contribution in [2.75, 3.05) is 5.32 Å². The molecule has 2 heterocycles. The SMILES string of the molecule is CC(Nc1ccc(-c2nncn2C)cc1)c1nccn1C. The Balaban J connectivity index is 1.76. The minimum atomic E-state index is 0.144. The maximum Gasteiger partial charge on any atom is 0.163 e. The monoisotopic (exact) mass is 282 g/mol. The van der Waals surface area contributed by atoms with Crippen molar-refractivity contribution in [2.24, 2.45) is 14.1 Å². The van der Waals surface area contributed by atoms with Gasteiger partial charge in [-0.25, -0.2) is 4.98 Å². The summed E-state index contributed by atoms with van der Waals surface area (Å²) in [5, 5.41) is 11.5. The zero-order valence-electron chi connectivity index (χ0n) is 12.4. The normalized spacial score (nSPS) is 12.3. The highest BCUT2D eigenvalue weighted by Crippen LogP contribution is 2.21. The molecule has 0 aliphatic rings. The topological polar surface area (TPSA) is 60.6 Å².